The second kappa shape index (κ2) is 8.64. The molecule has 0 radical (unpaired) electrons. The first-order valence-corrected chi connectivity index (χ1v) is 7.22. The number of aliphatic hydroxyl groups excluding tert-OH is 1. The first kappa shape index (κ1) is 17.5. The van der Waals surface area contributed by atoms with Gasteiger partial charge in [0.15, 0.2) is 0 Å². The third-order valence-electron chi connectivity index (χ3n) is 3.55. The van der Waals surface area contributed by atoms with E-state index in [-0.39, 0.29) is 24.7 Å². The van der Waals surface area contributed by atoms with Crippen molar-refractivity contribution in [2.24, 2.45) is 0 Å². The number of methoxy groups -OCH3 is 1. The number of amides is 2. The van der Waals surface area contributed by atoms with Crippen molar-refractivity contribution in [1.29, 1.82) is 0 Å². The van der Waals surface area contributed by atoms with Crippen LogP contribution in [0.25, 0.3) is 0 Å². The van der Waals surface area contributed by atoms with Gasteiger partial charge < -0.3 is 20.5 Å². The van der Waals surface area contributed by atoms with Crippen LogP contribution in [0.15, 0.2) is 18.2 Å². The van der Waals surface area contributed by atoms with Crippen LogP contribution in [0, 0.1) is 13.8 Å². The lowest BCUT2D eigenvalue weighted by atomic mass is 9.97. The summed E-state index contributed by atoms with van der Waals surface area (Å²) >= 11 is 0. The molecular weight excluding hydrogens is 268 g/mol. The van der Waals surface area contributed by atoms with Gasteiger partial charge in [0.25, 0.3) is 0 Å². The van der Waals surface area contributed by atoms with Crippen LogP contribution in [-0.2, 0) is 4.74 Å². The Morgan fingerprint density at radius 3 is 2.43 bits per heavy atom. The fourth-order valence-corrected chi connectivity index (χ4v) is 2.48. The van der Waals surface area contributed by atoms with Gasteiger partial charge in [0.1, 0.15) is 0 Å². The number of aryl methyl sites for hydroxylation is 2. The van der Waals surface area contributed by atoms with Gasteiger partial charge in [-0.15, -0.1) is 0 Å². The molecule has 0 bridgehead atoms. The van der Waals surface area contributed by atoms with Crippen molar-refractivity contribution in [1.82, 2.24) is 10.6 Å². The van der Waals surface area contributed by atoms with E-state index >= 15 is 0 Å². The van der Waals surface area contributed by atoms with Crippen LogP contribution in [0.2, 0.25) is 0 Å². The normalized spacial score (nSPS) is 13.6. The van der Waals surface area contributed by atoms with E-state index in [4.69, 9.17) is 4.74 Å². The van der Waals surface area contributed by atoms with Crippen molar-refractivity contribution < 1.29 is 14.6 Å². The van der Waals surface area contributed by atoms with Crippen molar-refractivity contribution in [2.75, 3.05) is 20.3 Å². The van der Waals surface area contributed by atoms with Gasteiger partial charge in [-0.1, -0.05) is 18.2 Å². The molecule has 5 nitrogen and oxygen atoms in total. The number of ether oxygens (including phenoxy) is 1. The Hall–Kier alpha value is -1.59. The molecule has 5 heteroatoms. The molecule has 1 aromatic rings. The molecule has 21 heavy (non-hydrogen) atoms. The lowest BCUT2D eigenvalue weighted by Crippen LogP contribution is -2.45. The summed E-state index contributed by atoms with van der Waals surface area (Å²) in [5.41, 5.74) is 3.44. The molecule has 0 aliphatic carbocycles. The highest BCUT2D eigenvalue weighted by Crippen LogP contribution is 2.21. The first-order chi connectivity index (χ1) is 9.99. The molecule has 118 valence electrons. The number of benzene rings is 1. The summed E-state index contributed by atoms with van der Waals surface area (Å²) in [5.74, 6) is 0. The molecule has 0 aliphatic rings. The molecule has 0 fully saturated rings. The van der Waals surface area contributed by atoms with E-state index in [2.05, 4.69) is 10.6 Å². The standard InChI is InChI=1S/C16H26N2O3/c1-11-6-5-7-12(2)15(11)13(3)17-16(20)18-14(10-19)8-9-21-4/h5-7,13-14,19H,8-10H2,1-4H3,(H2,17,18,20)/t13-,14-/m1/s1. The van der Waals surface area contributed by atoms with E-state index in [1.165, 1.54) is 0 Å². The van der Waals surface area contributed by atoms with Gasteiger partial charge in [0.05, 0.1) is 18.7 Å². The third kappa shape index (κ3) is 5.36. The summed E-state index contributed by atoms with van der Waals surface area (Å²) in [6, 6.07) is 5.41. The molecule has 0 aliphatic heterocycles. The highest BCUT2D eigenvalue weighted by atomic mass is 16.5. The van der Waals surface area contributed by atoms with E-state index in [1.54, 1.807) is 7.11 Å². The molecular formula is C16H26N2O3. The van der Waals surface area contributed by atoms with Crippen molar-refractivity contribution in [2.45, 2.75) is 39.3 Å². The monoisotopic (exact) mass is 294 g/mol. The molecule has 0 heterocycles. The Kier molecular flexibility index (Phi) is 7.19. The van der Waals surface area contributed by atoms with E-state index in [0.717, 1.165) is 16.7 Å². The summed E-state index contributed by atoms with van der Waals surface area (Å²) < 4.78 is 4.95. The summed E-state index contributed by atoms with van der Waals surface area (Å²) in [5, 5.41) is 14.9. The molecule has 1 aromatic carbocycles. The zero-order chi connectivity index (χ0) is 15.8. The number of carbonyl (C=O) groups excluding carboxylic acids is 1. The molecule has 0 unspecified atom stereocenters. The maximum Gasteiger partial charge on any atom is 0.315 e. The van der Waals surface area contributed by atoms with Crippen LogP contribution in [0.5, 0.6) is 0 Å². The van der Waals surface area contributed by atoms with Crippen LogP contribution < -0.4 is 10.6 Å². The van der Waals surface area contributed by atoms with Crippen LogP contribution in [0.1, 0.15) is 36.1 Å². The van der Waals surface area contributed by atoms with E-state index in [9.17, 15) is 9.90 Å². The Balaban J connectivity index is 2.61. The maximum atomic E-state index is 12.0. The van der Waals surface area contributed by atoms with Gasteiger partial charge in [0, 0.05) is 13.7 Å². The Bertz CT molecular complexity index is 443. The van der Waals surface area contributed by atoms with Crippen molar-refractivity contribution in [3.8, 4) is 0 Å². The second-order valence-electron chi connectivity index (χ2n) is 5.31. The zero-order valence-electron chi connectivity index (χ0n) is 13.3. The minimum atomic E-state index is -0.296. The Labute approximate surface area is 126 Å². The van der Waals surface area contributed by atoms with Gasteiger partial charge in [-0.3, -0.25) is 0 Å². The summed E-state index contributed by atoms with van der Waals surface area (Å²) in [6.07, 6.45) is 0.582. The predicted molar refractivity (Wildman–Crippen MR) is 83.4 cm³/mol. The van der Waals surface area contributed by atoms with Gasteiger partial charge in [-0.2, -0.15) is 0 Å². The number of carbonyl (C=O) groups is 1. The number of rotatable bonds is 7. The average Bonchev–Trinajstić information content (AvgIpc) is 2.43. The molecule has 0 saturated carbocycles. The highest BCUT2D eigenvalue weighted by molar-refractivity contribution is 5.74. The van der Waals surface area contributed by atoms with Crippen molar-refractivity contribution in [3.63, 3.8) is 0 Å². The minimum absolute atomic E-state index is 0.0898. The van der Waals surface area contributed by atoms with E-state index in [0.29, 0.717) is 13.0 Å². The Morgan fingerprint density at radius 1 is 1.29 bits per heavy atom. The topological polar surface area (TPSA) is 70.6 Å². The number of aliphatic hydroxyl groups is 1. The first-order valence-electron chi connectivity index (χ1n) is 7.22. The third-order valence-corrected chi connectivity index (χ3v) is 3.55. The molecule has 0 saturated heterocycles. The molecule has 2 amide bonds. The summed E-state index contributed by atoms with van der Waals surface area (Å²) in [4.78, 5) is 12.0. The second-order valence-corrected chi connectivity index (χ2v) is 5.31. The smallest absolute Gasteiger partial charge is 0.315 e. The summed E-state index contributed by atoms with van der Waals surface area (Å²) in [7, 11) is 1.59. The average molecular weight is 294 g/mol. The fourth-order valence-electron chi connectivity index (χ4n) is 2.48. The van der Waals surface area contributed by atoms with Crippen LogP contribution >= 0.6 is 0 Å². The SMILES string of the molecule is COCC[C@H](CO)NC(=O)N[C@H](C)c1c(C)cccc1C. The Morgan fingerprint density at radius 2 is 1.90 bits per heavy atom. The number of nitrogens with one attached hydrogen (secondary N) is 2. The highest BCUT2D eigenvalue weighted by Gasteiger charge is 2.16. The van der Waals surface area contributed by atoms with Crippen molar-refractivity contribution in [3.05, 3.63) is 34.9 Å². The van der Waals surface area contributed by atoms with Crippen molar-refractivity contribution >= 4 is 6.03 Å². The molecule has 2 atom stereocenters. The predicted octanol–water partition coefficient (Wildman–Crippen LogP) is 2.06. The molecule has 0 aromatic heterocycles. The molecule has 1 rings (SSSR count). The minimum Gasteiger partial charge on any atom is -0.394 e. The lowest BCUT2D eigenvalue weighted by Gasteiger charge is -2.22. The van der Waals surface area contributed by atoms with Crippen LogP contribution in [-0.4, -0.2) is 37.5 Å². The fraction of sp³-hybridized carbons (Fsp3) is 0.562. The molecule has 0 spiro atoms. The van der Waals surface area contributed by atoms with Gasteiger partial charge in [0.2, 0.25) is 0 Å². The number of urea groups is 1. The lowest BCUT2D eigenvalue weighted by molar-refractivity contribution is 0.159. The maximum absolute atomic E-state index is 12.0. The van der Waals surface area contributed by atoms with Gasteiger partial charge in [-0.05, 0) is 43.9 Å². The summed E-state index contributed by atoms with van der Waals surface area (Å²) in [6.45, 7) is 6.42. The largest absolute Gasteiger partial charge is 0.394 e. The van der Waals surface area contributed by atoms with Gasteiger partial charge in [-0.25, -0.2) is 4.79 Å². The zero-order valence-corrected chi connectivity index (χ0v) is 13.3. The molecule has 3 N–H and O–H groups in total. The van der Waals surface area contributed by atoms with Crippen LogP contribution in [0.4, 0.5) is 4.79 Å². The van der Waals surface area contributed by atoms with E-state index < -0.39 is 0 Å². The van der Waals surface area contributed by atoms with Gasteiger partial charge >= 0.3 is 6.03 Å². The number of hydrogen-bond donors (Lipinski definition) is 3. The van der Waals surface area contributed by atoms with E-state index in [1.807, 2.05) is 39.0 Å². The number of hydrogen-bond acceptors (Lipinski definition) is 3. The van der Waals surface area contributed by atoms with Crippen LogP contribution in [0.3, 0.4) is 0 Å². The quantitative estimate of drug-likeness (QED) is 0.721.